The number of hydrogen-bond acceptors (Lipinski definition) is 4. The lowest BCUT2D eigenvalue weighted by Gasteiger charge is -2.12. The summed E-state index contributed by atoms with van der Waals surface area (Å²) in [4.78, 5) is 11.3. The van der Waals surface area contributed by atoms with E-state index in [9.17, 15) is 9.18 Å². The van der Waals surface area contributed by atoms with Crippen LogP contribution in [0.15, 0.2) is 12.1 Å². The minimum atomic E-state index is -0.671. The van der Waals surface area contributed by atoms with E-state index in [2.05, 4.69) is 10.4 Å². The Balaban J connectivity index is 2.26. The summed E-state index contributed by atoms with van der Waals surface area (Å²) in [6, 6.07) is 2.68. The average molecular weight is 320 g/mol. The summed E-state index contributed by atoms with van der Waals surface area (Å²) in [6.45, 7) is 6.31. The fraction of sp³-hybridized carbons (Fsp3) is 0.375. The molecule has 0 aliphatic carbocycles. The van der Waals surface area contributed by atoms with Crippen molar-refractivity contribution < 1.29 is 14.3 Å². The van der Waals surface area contributed by atoms with Gasteiger partial charge in [0.05, 0.1) is 18.8 Å². The molecule has 1 aromatic carbocycles. The van der Waals surface area contributed by atoms with Crippen molar-refractivity contribution in [3.05, 3.63) is 46.0 Å². The lowest BCUT2D eigenvalue weighted by atomic mass is 10.1. The highest BCUT2D eigenvalue weighted by Gasteiger charge is 2.14. The summed E-state index contributed by atoms with van der Waals surface area (Å²) in [5, 5.41) is 16.5. The number of amides is 1. The monoisotopic (exact) mass is 320 g/mol. The van der Waals surface area contributed by atoms with Gasteiger partial charge in [-0.2, -0.15) is 5.10 Å². The first-order chi connectivity index (χ1) is 10.8. The molecule has 1 aromatic heterocycles. The summed E-state index contributed by atoms with van der Waals surface area (Å²) < 4.78 is 15.6. The molecule has 23 heavy (non-hydrogen) atoms. The van der Waals surface area contributed by atoms with E-state index in [1.165, 1.54) is 0 Å². The number of aliphatic hydroxyl groups excluding tert-OH is 1. The van der Waals surface area contributed by atoms with Gasteiger partial charge in [0.25, 0.3) is 0 Å². The number of aryl methyl sites for hydroxylation is 1. The standard InChI is InChI=1S/C16H21FN4O2/c1-9-14(17)6-12(16(18)23)7-15(9)19-8-13-10(2)20-21(4-5-22)11(13)3/h6-7,19,22H,4-5,8H2,1-3H3,(H2,18,23). The number of hydrogen-bond donors (Lipinski definition) is 3. The Kier molecular flexibility index (Phi) is 5.00. The van der Waals surface area contributed by atoms with Crippen molar-refractivity contribution in [3.8, 4) is 0 Å². The first-order valence-electron chi connectivity index (χ1n) is 7.32. The zero-order valence-corrected chi connectivity index (χ0v) is 13.5. The summed E-state index contributed by atoms with van der Waals surface area (Å²) in [6.07, 6.45) is 0. The first-order valence-corrected chi connectivity index (χ1v) is 7.32. The Morgan fingerprint density at radius 2 is 2.09 bits per heavy atom. The van der Waals surface area contributed by atoms with Crippen LogP contribution in [0, 0.1) is 26.6 Å². The third-order valence-electron chi connectivity index (χ3n) is 3.93. The van der Waals surface area contributed by atoms with E-state index >= 15 is 0 Å². The van der Waals surface area contributed by atoms with Gasteiger partial charge in [-0.1, -0.05) is 0 Å². The molecule has 0 aliphatic heterocycles. The minimum absolute atomic E-state index is 0.0137. The number of nitrogens with zero attached hydrogens (tertiary/aromatic N) is 2. The van der Waals surface area contributed by atoms with Crippen molar-refractivity contribution in [1.29, 1.82) is 0 Å². The average Bonchev–Trinajstić information content (AvgIpc) is 2.75. The largest absolute Gasteiger partial charge is 0.394 e. The summed E-state index contributed by atoms with van der Waals surface area (Å²) in [5.41, 5.74) is 9.05. The molecule has 7 heteroatoms. The molecule has 1 amide bonds. The summed E-state index contributed by atoms with van der Waals surface area (Å²) >= 11 is 0. The van der Waals surface area contributed by atoms with Crippen LogP contribution in [-0.2, 0) is 13.1 Å². The van der Waals surface area contributed by atoms with Gasteiger partial charge >= 0.3 is 0 Å². The zero-order valence-electron chi connectivity index (χ0n) is 13.5. The van der Waals surface area contributed by atoms with Crippen LogP contribution in [0.5, 0.6) is 0 Å². The van der Waals surface area contributed by atoms with Crippen molar-refractivity contribution in [2.75, 3.05) is 11.9 Å². The molecule has 0 unspecified atom stereocenters. The molecule has 0 aliphatic rings. The molecule has 0 fully saturated rings. The first kappa shape index (κ1) is 17.0. The molecular weight excluding hydrogens is 299 g/mol. The van der Waals surface area contributed by atoms with Crippen LogP contribution in [0.25, 0.3) is 0 Å². The molecule has 0 spiro atoms. The number of nitrogens with two attached hydrogens (primary N) is 1. The van der Waals surface area contributed by atoms with Gasteiger partial charge in [0.1, 0.15) is 5.82 Å². The second kappa shape index (κ2) is 6.78. The number of aliphatic hydroxyl groups is 1. The highest BCUT2D eigenvalue weighted by molar-refractivity contribution is 5.94. The Morgan fingerprint density at radius 1 is 1.39 bits per heavy atom. The van der Waals surface area contributed by atoms with Crippen LogP contribution in [0.4, 0.5) is 10.1 Å². The zero-order chi connectivity index (χ0) is 17.1. The smallest absolute Gasteiger partial charge is 0.248 e. The van der Waals surface area contributed by atoms with Gasteiger partial charge in [-0.15, -0.1) is 0 Å². The molecule has 0 saturated heterocycles. The molecule has 0 radical (unpaired) electrons. The normalized spacial score (nSPS) is 10.8. The Hall–Kier alpha value is -2.41. The molecular formula is C16H21FN4O2. The Morgan fingerprint density at radius 3 is 2.70 bits per heavy atom. The number of primary amides is 1. The van der Waals surface area contributed by atoms with E-state index in [4.69, 9.17) is 10.8 Å². The highest BCUT2D eigenvalue weighted by atomic mass is 19.1. The third-order valence-corrected chi connectivity index (χ3v) is 3.93. The molecule has 124 valence electrons. The molecule has 2 aromatic rings. The molecule has 0 saturated carbocycles. The van der Waals surface area contributed by atoms with Crippen molar-refractivity contribution >= 4 is 11.6 Å². The van der Waals surface area contributed by atoms with Crippen molar-refractivity contribution in [3.63, 3.8) is 0 Å². The minimum Gasteiger partial charge on any atom is -0.394 e. The van der Waals surface area contributed by atoms with Crippen molar-refractivity contribution in [2.45, 2.75) is 33.9 Å². The number of halogens is 1. The Bertz CT molecular complexity index is 740. The molecule has 4 N–H and O–H groups in total. The van der Waals surface area contributed by atoms with E-state index in [0.29, 0.717) is 24.3 Å². The fourth-order valence-corrected chi connectivity index (χ4v) is 2.49. The van der Waals surface area contributed by atoms with Gasteiger partial charge in [0.2, 0.25) is 5.91 Å². The number of rotatable bonds is 6. The number of carbonyl (C=O) groups excluding carboxylic acids is 1. The van der Waals surface area contributed by atoms with Gasteiger partial charge < -0.3 is 16.2 Å². The van der Waals surface area contributed by atoms with E-state index in [-0.39, 0.29) is 12.2 Å². The van der Waals surface area contributed by atoms with E-state index in [1.54, 1.807) is 17.7 Å². The van der Waals surface area contributed by atoms with Crippen LogP contribution in [-0.4, -0.2) is 27.4 Å². The van der Waals surface area contributed by atoms with Gasteiger partial charge in [-0.3, -0.25) is 9.48 Å². The van der Waals surface area contributed by atoms with Gasteiger partial charge in [-0.05, 0) is 32.9 Å². The summed E-state index contributed by atoms with van der Waals surface area (Å²) in [5.74, 6) is -1.15. The molecule has 0 bridgehead atoms. The SMILES string of the molecule is Cc1nn(CCO)c(C)c1CNc1cc(C(N)=O)cc(F)c1C. The quantitative estimate of drug-likeness (QED) is 0.754. The topological polar surface area (TPSA) is 93.2 Å². The van der Waals surface area contributed by atoms with Crippen LogP contribution < -0.4 is 11.1 Å². The van der Waals surface area contributed by atoms with Gasteiger partial charge in [0, 0.05) is 34.6 Å². The maximum absolute atomic E-state index is 13.9. The van der Waals surface area contributed by atoms with Crippen molar-refractivity contribution in [1.82, 2.24) is 9.78 Å². The van der Waals surface area contributed by atoms with E-state index in [1.807, 2.05) is 13.8 Å². The summed E-state index contributed by atoms with van der Waals surface area (Å²) in [7, 11) is 0. The van der Waals surface area contributed by atoms with Gasteiger partial charge in [0.15, 0.2) is 0 Å². The van der Waals surface area contributed by atoms with Crippen LogP contribution in [0.1, 0.15) is 32.9 Å². The molecule has 1 heterocycles. The van der Waals surface area contributed by atoms with Crippen LogP contribution in [0.2, 0.25) is 0 Å². The maximum Gasteiger partial charge on any atom is 0.248 e. The lowest BCUT2D eigenvalue weighted by Crippen LogP contribution is -2.13. The van der Waals surface area contributed by atoms with Crippen molar-refractivity contribution in [2.24, 2.45) is 5.73 Å². The number of aromatic nitrogens is 2. The molecule has 6 nitrogen and oxygen atoms in total. The number of nitrogens with one attached hydrogen (secondary N) is 1. The third kappa shape index (κ3) is 3.50. The number of carbonyl (C=O) groups is 1. The number of anilines is 1. The Labute approximate surface area is 134 Å². The highest BCUT2D eigenvalue weighted by Crippen LogP contribution is 2.22. The maximum atomic E-state index is 13.9. The van der Waals surface area contributed by atoms with Crippen LogP contribution in [0.3, 0.4) is 0 Å². The second-order valence-corrected chi connectivity index (χ2v) is 5.44. The number of benzene rings is 1. The van der Waals surface area contributed by atoms with E-state index < -0.39 is 11.7 Å². The predicted molar refractivity (Wildman–Crippen MR) is 85.8 cm³/mol. The van der Waals surface area contributed by atoms with Gasteiger partial charge in [-0.25, -0.2) is 4.39 Å². The van der Waals surface area contributed by atoms with E-state index in [0.717, 1.165) is 23.0 Å². The predicted octanol–water partition coefficient (Wildman–Crippen LogP) is 1.65. The molecule has 2 rings (SSSR count). The molecule has 0 atom stereocenters. The lowest BCUT2D eigenvalue weighted by molar-refractivity contribution is 0.1000. The second-order valence-electron chi connectivity index (χ2n) is 5.44. The fourth-order valence-electron chi connectivity index (χ4n) is 2.49. The van der Waals surface area contributed by atoms with Crippen LogP contribution >= 0.6 is 0 Å².